The number of rotatable bonds is 10. The number of hydrogen-bond acceptors (Lipinski definition) is 5. The van der Waals surface area contributed by atoms with E-state index in [0.717, 1.165) is 25.2 Å². The second-order valence-electron chi connectivity index (χ2n) is 7.80. The number of carboxylic acid groups (broad SMARTS) is 1. The van der Waals surface area contributed by atoms with Gasteiger partial charge in [0, 0.05) is 25.1 Å². The van der Waals surface area contributed by atoms with Crippen molar-refractivity contribution in [3.05, 3.63) is 59.2 Å². The molecule has 0 radical (unpaired) electrons. The molecule has 1 aliphatic heterocycles. The maximum atomic E-state index is 12.4. The molecule has 4 N–H and O–H groups in total. The van der Waals surface area contributed by atoms with Crippen molar-refractivity contribution in [2.45, 2.75) is 44.7 Å². The van der Waals surface area contributed by atoms with Crippen LogP contribution >= 0.6 is 12.4 Å². The second-order valence-corrected chi connectivity index (χ2v) is 7.80. The highest BCUT2D eigenvalue weighted by Crippen LogP contribution is 2.21. The van der Waals surface area contributed by atoms with Gasteiger partial charge in [0.15, 0.2) is 0 Å². The lowest BCUT2D eigenvalue weighted by atomic mass is 10.0. The molecule has 1 atom stereocenters. The Morgan fingerprint density at radius 2 is 1.79 bits per heavy atom. The molecule has 0 bridgehead atoms. The van der Waals surface area contributed by atoms with Gasteiger partial charge in [-0.05, 0) is 60.3 Å². The van der Waals surface area contributed by atoms with Gasteiger partial charge < -0.3 is 25.8 Å². The van der Waals surface area contributed by atoms with Crippen LogP contribution in [0, 0.1) is 0 Å². The molecule has 33 heavy (non-hydrogen) atoms. The molecule has 3 rings (SSSR count). The van der Waals surface area contributed by atoms with Gasteiger partial charge in [-0.3, -0.25) is 14.4 Å². The number of amides is 2. The molecular formula is C24H30ClN3O5. The lowest BCUT2D eigenvalue weighted by molar-refractivity contribution is -0.137. The third kappa shape index (κ3) is 8.07. The van der Waals surface area contributed by atoms with Gasteiger partial charge in [-0.2, -0.15) is 0 Å². The van der Waals surface area contributed by atoms with E-state index in [4.69, 9.17) is 4.74 Å². The van der Waals surface area contributed by atoms with Crippen molar-refractivity contribution >= 4 is 35.9 Å². The average molecular weight is 476 g/mol. The number of hydrogen-bond donors (Lipinski definition) is 4. The first-order chi connectivity index (χ1) is 15.4. The lowest BCUT2D eigenvalue weighted by Crippen LogP contribution is -2.30. The SMILES string of the molecule is COc1ccc(C(CC(=O)O)NC(=O)CCCC(=O)Nc2ccc3c(c2)CNCC3)cc1.Cl. The monoisotopic (exact) mass is 475 g/mol. The number of benzene rings is 2. The summed E-state index contributed by atoms with van der Waals surface area (Å²) in [4.78, 5) is 35.8. The molecule has 1 unspecified atom stereocenters. The molecule has 0 fully saturated rings. The Morgan fingerprint density at radius 1 is 1.06 bits per heavy atom. The molecule has 178 valence electrons. The van der Waals surface area contributed by atoms with Gasteiger partial charge in [-0.1, -0.05) is 18.2 Å². The summed E-state index contributed by atoms with van der Waals surface area (Å²) in [6.45, 7) is 1.76. The Hall–Kier alpha value is -3.10. The first-order valence-electron chi connectivity index (χ1n) is 10.7. The molecule has 8 nitrogen and oxygen atoms in total. The molecule has 0 saturated carbocycles. The summed E-state index contributed by atoms with van der Waals surface area (Å²) in [6, 6.07) is 12.2. The molecule has 0 aliphatic carbocycles. The summed E-state index contributed by atoms with van der Waals surface area (Å²) in [5.74, 6) is -0.806. The smallest absolute Gasteiger partial charge is 0.305 e. The molecule has 1 aliphatic rings. The van der Waals surface area contributed by atoms with E-state index >= 15 is 0 Å². The van der Waals surface area contributed by atoms with E-state index in [0.29, 0.717) is 17.7 Å². The summed E-state index contributed by atoms with van der Waals surface area (Å²) in [6.07, 6.45) is 1.46. The fourth-order valence-corrected chi connectivity index (χ4v) is 3.72. The van der Waals surface area contributed by atoms with E-state index in [1.807, 2.05) is 18.2 Å². The number of carbonyl (C=O) groups is 3. The normalized spacial score (nSPS) is 13.1. The van der Waals surface area contributed by atoms with Crippen LogP contribution in [0.3, 0.4) is 0 Å². The van der Waals surface area contributed by atoms with E-state index < -0.39 is 12.0 Å². The Morgan fingerprint density at radius 3 is 2.48 bits per heavy atom. The van der Waals surface area contributed by atoms with Crippen molar-refractivity contribution in [2.24, 2.45) is 0 Å². The van der Waals surface area contributed by atoms with Gasteiger partial charge in [0.1, 0.15) is 5.75 Å². The number of aliphatic carboxylic acids is 1. The Balaban J connectivity index is 0.00000385. The van der Waals surface area contributed by atoms with Crippen LogP contribution in [0.25, 0.3) is 0 Å². The number of nitrogens with one attached hydrogen (secondary N) is 3. The predicted molar refractivity (Wildman–Crippen MR) is 128 cm³/mol. The van der Waals surface area contributed by atoms with Gasteiger partial charge in [0.25, 0.3) is 0 Å². The van der Waals surface area contributed by atoms with E-state index in [1.54, 1.807) is 31.4 Å². The molecule has 2 aromatic rings. The van der Waals surface area contributed by atoms with Crippen molar-refractivity contribution in [3.63, 3.8) is 0 Å². The van der Waals surface area contributed by atoms with Crippen LogP contribution in [0.1, 0.15) is 48.4 Å². The highest BCUT2D eigenvalue weighted by Gasteiger charge is 2.18. The van der Waals surface area contributed by atoms with Crippen LogP contribution in [-0.2, 0) is 27.3 Å². The van der Waals surface area contributed by atoms with Crippen LogP contribution < -0.4 is 20.7 Å². The van der Waals surface area contributed by atoms with Crippen LogP contribution in [0.2, 0.25) is 0 Å². The average Bonchev–Trinajstić information content (AvgIpc) is 2.78. The minimum atomic E-state index is -1.01. The van der Waals surface area contributed by atoms with Crippen LogP contribution in [0.15, 0.2) is 42.5 Å². The molecule has 2 amide bonds. The summed E-state index contributed by atoms with van der Waals surface area (Å²) >= 11 is 0. The van der Waals surface area contributed by atoms with Gasteiger partial charge in [-0.15, -0.1) is 12.4 Å². The first kappa shape index (κ1) is 26.2. The predicted octanol–water partition coefficient (Wildman–Crippen LogP) is 3.20. The van der Waals surface area contributed by atoms with Crippen LogP contribution in [0.5, 0.6) is 5.75 Å². The maximum absolute atomic E-state index is 12.4. The minimum Gasteiger partial charge on any atom is -0.497 e. The number of carbonyl (C=O) groups excluding carboxylic acids is 2. The highest BCUT2D eigenvalue weighted by molar-refractivity contribution is 5.91. The third-order valence-corrected chi connectivity index (χ3v) is 5.42. The quantitative estimate of drug-likeness (QED) is 0.419. The fraction of sp³-hybridized carbons (Fsp3) is 0.375. The summed E-state index contributed by atoms with van der Waals surface area (Å²) < 4.78 is 5.11. The largest absolute Gasteiger partial charge is 0.497 e. The Kier molecular flexibility index (Phi) is 10.2. The maximum Gasteiger partial charge on any atom is 0.305 e. The van der Waals surface area contributed by atoms with Gasteiger partial charge in [-0.25, -0.2) is 0 Å². The number of carboxylic acids is 1. The molecule has 0 spiro atoms. The zero-order valence-electron chi connectivity index (χ0n) is 18.6. The van der Waals surface area contributed by atoms with E-state index in [9.17, 15) is 19.5 Å². The van der Waals surface area contributed by atoms with E-state index in [1.165, 1.54) is 11.1 Å². The van der Waals surface area contributed by atoms with Crippen molar-refractivity contribution in [1.29, 1.82) is 0 Å². The number of methoxy groups -OCH3 is 1. The number of anilines is 1. The van der Waals surface area contributed by atoms with Crippen LogP contribution in [-0.4, -0.2) is 36.5 Å². The minimum absolute atomic E-state index is 0. The Bertz CT molecular complexity index is 965. The zero-order valence-corrected chi connectivity index (χ0v) is 19.4. The number of ether oxygens (including phenoxy) is 1. The topological polar surface area (TPSA) is 117 Å². The molecule has 0 aromatic heterocycles. The Labute approximate surface area is 199 Å². The molecular weight excluding hydrogens is 446 g/mol. The van der Waals surface area contributed by atoms with E-state index in [2.05, 4.69) is 16.0 Å². The standard InChI is InChI=1S/C24H29N3O5.ClH/c1-32-20-9-6-17(7-10-20)21(14-24(30)31)27-23(29)4-2-3-22(28)26-19-8-5-16-11-12-25-15-18(16)13-19;/h5-10,13,21,25H,2-4,11-12,14-15H2,1H3,(H,26,28)(H,27,29)(H,30,31);1H. The number of halogens is 1. The molecule has 1 heterocycles. The summed E-state index contributed by atoms with van der Waals surface area (Å²) in [7, 11) is 1.55. The highest BCUT2D eigenvalue weighted by atomic mass is 35.5. The van der Waals surface area contributed by atoms with Crippen molar-refractivity contribution in [2.75, 3.05) is 19.0 Å². The lowest BCUT2D eigenvalue weighted by Gasteiger charge is -2.18. The first-order valence-corrected chi connectivity index (χ1v) is 10.7. The van der Waals surface area contributed by atoms with Gasteiger partial charge in [0.05, 0.1) is 19.6 Å². The summed E-state index contributed by atoms with van der Waals surface area (Å²) in [5, 5.41) is 18.1. The van der Waals surface area contributed by atoms with Crippen molar-refractivity contribution in [3.8, 4) is 5.75 Å². The van der Waals surface area contributed by atoms with Gasteiger partial charge in [0.2, 0.25) is 11.8 Å². The summed E-state index contributed by atoms with van der Waals surface area (Å²) in [5.41, 5.74) is 3.92. The third-order valence-electron chi connectivity index (χ3n) is 5.42. The van der Waals surface area contributed by atoms with Crippen molar-refractivity contribution in [1.82, 2.24) is 10.6 Å². The molecule has 9 heteroatoms. The second kappa shape index (κ2) is 12.8. The fourth-order valence-electron chi connectivity index (χ4n) is 3.72. The van der Waals surface area contributed by atoms with Gasteiger partial charge >= 0.3 is 5.97 Å². The molecule has 0 saturated heterocycles. The molecule has 2 aromatic carbocycles. The van der Waals surface area contributed by atoms with Crippen LogP contribution in [0.4, 0.5) is 5.69 Å². The van der Waals surface area contributed by atoms with Crippen molar-refractivity contribution < 1.29 is 24.2 Å². The number of fused-ring (bicyclic) bond motifs is 1. The van der Waals surface area contributed by atoms with E-state index in [-0.39, 0.29) is 43.5 Å². The zero-order chi connectivity index (χ0) is 22.9.